The number of halogens is 3. The molecule has 4 nitrogen and oxygen atoms in total. The number of rotatable bonds is 4. The highest BCUT2D eigenvalue weighted by atomic mass is 79.9. The van der Waals surface area contributed by atoms with Crippen LogP contribution in [0.3, 0.4) is 0 Å². The van der Waals surface area contributed by atoms with E-state index in [1.54, 1.807) is 23.0 Å². The van der Waals surface area contributed by atoms with Crippen LogP contribution in [-0.2, 0) is 6.54 Å². The van der Waals surface area contributed by atoms with Gasteiger partial charge in [0.15, 0.2) is 0 Å². The number of carbonyl (C=O) groups is 1. The maximum Gasteiger partial charge on any atom is 0.255 e. The first-order chi connectivity index (χ1) is 11.5. The number of benzene rings is 2. The molecule has 3 aromatic rings. The normalized spacial score (nSPS) is 10.6. The molecule has 3 rings (SSSR count). The van der Waals surface area contributed by atoms with Crippen LogP contribution in [0.25, 0.3) is 0 Å². The Hall–Kier alpha value is -2.18. The lowest BCUT2D eigenvalue weighted by Gasteiger charge is -2.07. The average molecular weight is 409 g/mol. The number of nitrogens with zero attached hydrogens (tertiary/aromatic N) is 2. The van der Waals surface area contributed by atoms with Gasteiger partial charge in [0.1, 0.15) is 5.82 Å². The predicted molar refractivity (Wildman–Crippen MR) is 94.8 cm³/mol. The van der Waals surface area contributed by atoms with Crippen LogP contribution in [0.1, 0.15) is 15.9 Å². The lowest BCUT2D eigenvalue weighted by Crippen LogP contribution is -2.12. The van der Waals surface area contributed by atoms with Crippen molar-refractivity contribution in [1.82, 2.24) is 9.78 Å². The van der Waals surface area contributed by atoms with Crippen molar-refractivity contribution in [2.45, 2.75) is 6.54 Å². The van der Waals surface area contributed by atoms with Crippen LogP contribution >= 0.6 is 27.5 Å². The number of aromatic nitrogens is 2. The molecule has 0 bridgehead atoms. The zero-order chi connectivity index (χ0) is 17.1. The molecule has 0 atom stereocenters. The third-order valence-corrected chi connectivity index (χ3v) is 4.04. The zero-order valence-electron chi connectivity index (χ0n) is 12.3. The lowest BCUT2D eigenvalue weighted by molar-refractivity contribution is 0.102. The van der Waals surface area contributed by atoms with Crippen LogP contribution in [0.4, 0.5) is 10.1 Å². The standard InChI is InChI=1S/C17H12BrClFN3O/c18-13-8-21-23(10-13)9-11-1-3-12(4-2-11)17(24)22-14-5-6-16(20)15(19)7-14/h1-8,10H,9H2,(H,22,24). The lowest BCUT2D eigenvalue weighted by atomic mass is 10.1. The van der Waals surface area contributed by atoms with Gasteiger partial charge in [0.05, 0.1) is 22.2 Å². The van der Waals surface area contributed by atoms with E-state index >= 15 is 0 Å². The summed E-state index contributed by atoms with van der Waals surface area (Å²) in [4.78, 5) is 12.2. The second-order valence-corrected chi connectivity index (χ2v) is 6.46. The van der Waals surface area contributed by atoms with Crippen LogP contribution in [0.15, 0.2) is 59.3 Å². The van der Waals surface area contributed by atoms with Gasteiger partial charge < -0.3 is 5.32 Å². The molecular weight excluding hydrogens is 397 g/mol. The van der Waals surface area contributed by atoms with Gasteiger partial charge in [-0.3, -0.25) is 9.48 Å². The van der Waals surface area contributed by atoms with Crippen molar-refractivity contribution >= 4 is 39.1 Å². The Morgan fingerprint density at radius 2 is 2.00 bits per heavy atom. The van der Waals surface area contributed by atoms with E-state index in [1.807, 2.05) is 18.3 Å². The molecule has 1 N–H and O–H groups in total. The molecule has 0 radical (unpaired) electrons. The second-order valence-electron chi connectivity index (χ2n) is 5.14. The van der Waals surface area contributed by atoms with E-state index in [-0.39, 0.29) is 10.9 Å². The fraction of sp³-hybridized carbons (Fsp3) is 0.0588. The summed E-state index contributed by atoms with van der Waals surface area (Å²) < 4.78 is 15.8. The van der Waals surface area contributed by atoms with Crippen molar-refractivity contribution in [3.05, 3.63) is 81.3 Å². The minimum atomic E-state index is -0.524. The largest absolute Gasteiger partial charge is 0.322 e. The van der Waals surface area contributed by atoms with Crippen molar-refractivity contribution < 1.29 is 9.18 Å². The Kier molecular flexibility index (Phi) is 4.97. The minimum Gasteiger partial charge on any atom is -0.322 e. The molecule has 0 aliphatic heterocycles. The monoisotopic (exact) mass is 407 g/mol. The molecule has 1 heterocycles. The molecule has 0 saturated heterocycles. The number of hydrogen-bond donors (Lipinski definition) is 1. The first-order valence-corrected chi connectivity index (χ1v) is 8.21. The highest BCUT2D eigenvalue weighted by Crippen LogP contribution is 2.20. The van der Waals surface area contributed by atoms with Crippen LogP contribution in [0.5, 0.6) is 0 Å². The van der Waals surface area contributed by atoms with E-state index in [0.717, 1.165) is 10.0 Å². The number of amides is 1. The smallest absolute Gasteiger partial charge is 0.255 e. The number of anilines is 1. The Morgan fingerprint density at radius 3 is 2.62 bits per heavy atom. The summed E-state index contributed by atoms with van der Waals surface area (Å²) in [6.45, 7) is 0.612. The number of nitrogens with one attached hydrogen (secondary N) is 1. The highest BCUT2D eigenvalue weighted by Gasteiger charge is 2.08. The Bertz CT molecular complexity index is 880. The minimum absolute atomic E-state index is 0.0338. The molecule has 0 aliphatic carbocycles. The quantitative estimate of drug-likeness (QED) is 0.678. The summed E-state index contributed by atoms with van der Waals surface area (Å²) >= 11 is 9.05. The van der Waals surface area contributed by atoms with E-state index in [2.05, 4.69) is 26.3 Å². The van der Waals surface area contributed by atoms with Gasteiger partial charge >= 0.3 is 0 Å². The fourth-order valence-electron chi connectivity index (χ4n) is 2.15. The van der Waals surface area contributed by atoms with Crippen LogP contribution < -0.4 is 5.32 Å². The summed E-state index contributed by atoms with van der Waals surface area (Å²) in [5.74, 6) is -0.810. The van der Waals surface area contributed by atoms with Crippen LogP contribution in [0, 0.1) is 5.82 Å². The Balaban J connectivity index is 1.68. The molecule has 0 unspecified atom stereocenters. The number of carbonyl (C=O) groups excluding carboxylic acids is 1. The van der Waals surface area contributed by atoms with E-state index in [9.17, 15) is 9.18 Å². The van der Waals surface area contributed by atoms with Gasteiger partial charge in [-0.2, -0.15) is 5.10 Å². The van der Waals surface area contributed by atoms with Crippen molar-refractivity contribution in [3.63, 3.8) is 0 Å². The van der Waals surface area contributed by atoms with Crippen molar-refractivity contribution in [2.75, 3.05) is 5.32 Å². The molecule has 0 fully saturated rings. The first kappa shape index (κ1) is 16.7. The van der Waals surface area contributed by atoms with E-state index < -0.39 is 5.82 Å². The van der Waals surface area contributed by atoms with Gasteiger partial charge in [0.25, 0.3) is 5.91 Å². The predicted octanol–water partition coefficient (Wildman–Crippen LogP) is 4.74. The maximum absolute atomic E-state index is 13.1. The molecule has 24 heavy (non-hydrogen) atoms. The fourth-order valence-corrected chi connectivity index (χ4v) is 2.66. The van der Waals surface area contributed by atoms with Gasteiger partial charge in [0, 0.05) is 17.4 Å². The number of hydrogen-bond acceptors (Lipinski definition) is 2. The van der Waals surface area contributed by atoms with Crippen molar-refractivity contribution in [1.29, 1.82) is 0 Å². The summed E-state index contributed by atoms with van der Waals surface area (Å²) in [7, 11) is 0. The summed E-state index contributed by atoms with van der Waals surface area (Å²) in [5.41, 5.74) is 1.96. The molecule has 0 saturated carbocycles. The SMILES string of the molecule is O=C(Nc1ccc(F)c(Cl)c1)c1ccc(Cn2cc(Br)cn2)cc1. The Morgan fingerprint density at radius 1 is 1.25 bits per heavy atom. The summed E-state index contributed by atoms with van der Waals surface area (Å²) in [6, 6.07) is 11.2. The molecule has 122 valence electrons. The zero-order valence-corrected chi connectivity index (χ0v) is 14.7. The molecule has 0 aliphatic rings. The van der Waals surface area contributed by atoms with Gasteiger partial charge in [-0.25, -0.2) is 4.39 Å². The van der Waals surface area contributed by atoms with Crippen molar-refractivity contribution in [2.24, 2.45) is 0 Å². The van der Waals surface area contributed by atoms with Gasteiger partial charge in [-0.15, -0.1) is 0 Å². The van der Waals surface area contributed by atoms with Gasteiger partial charge in [-0.1, -0.05) is 23.7 Å². The average Bonchev–Trinajstić information content (AvgIpc) is 2.96. The van der Waals surface area contributed by atoms with Gasteiger partial charge in [-0.05, 0) is 51.8 Å². The van der Waals surface area contributed by atoms with E-state index in [1.165, 1.54) is 18.2 Å². The molecular formula is C17H12BrClFN3O. The van der Waals surface area contributed by atoms with Gasteiger partial charge in [0.2, 0.25) is 0 Å². The first-order valence-electron chi connectivity index (χ1n) is 7.04. The maximum atomic E-state index is 13.1. The van der Waals surface area contributed by atoms with Crippen LogP contribution in [-0.4, -0.2) is 15.7 Å². The van der Waals surface area contributed by atoms with Crippen LogP contribution in [0.2, 0.25) is 5.02 Å². The van der Waals surface area contributed by atoms with Crippen molar-refractivity contribution in [3.8, 4) is 0 Å². The summed E-state index contributed by atoms with van der Waals surface area (Å²) in [5, 5.41) is 6.84. The second kappa shape index (κ2) is 7.15. The Labute approximate surface area is 151 Å². The molecule has 1 aromatic heterocycles. The third-order valence-electron chi connectivity index (χ3n) is 3.34. The van der Waals surface area contributed by atoms with E-state index in [0.29, 0.717) is 17.8 Å². The summed E-state index contributed by atoms with van der Waals surface area (Å²) in [6.07, 6.45) is 3.59. The van der Waals surface area contributed by atoms with E-state index in [4.69, 9.17) is 11.6 Å². The topological polar surface area (TPSA) is 46.9 Å². The third kappa shape index (κ3) is 4.01. The molecule has 2 aromatic carbocycles. The molecule has 7 heteroatoms. The molecule has 0 spiro atoms. The highest BCUT2D eigenvalue weighted by molar-refractivity contribution is 9.10. The molecule has 1 amide bonds.